The summed E-state index contributed by atoms with van der Waals surface area (Å²) in [5.74, 6) is -0.632. The summed E-state index contributed by atoms with van der Waals surface area (Å²) in [6.45, 7) is 0. The van der Waals surface area contributed by atoms with Crippen molar-refractivity contribution in [1.82, 2.24) is 5.32 Å². The number of carbonyl (C=O) groups is 2. The van der Waals surface area contributed by atoms with Crippen molar-refractivity contribution in [2.45, 2.75) is 16.0 Å². The molecule has 3 amide bonds. The van der Waals surface area contributed by atoms with Gasteiger partial charge in [0.15, 0.2) is 0 Å². The summed E-state index contributed by atoms with van der Waals surface area (Å²) in [7, 11) is 0. The Hall–Kier alpha value is -2.97. The molecule has 0 atom stereocenters. The molecule has 0 saturated carbocycles. The van der Waals surface area contributed by atoms with E-state index in [0.717, 1.165) is 17.0 Å². The van der Waals surface area contributed by atoms with Crippen molar-refractivity contribution in [3.8, 4) is 0 Å². The van der Waals surface area contributed by atoms with Gasteiger partial charge in [0.25, 0.3) is 5.91 Å². The maximum atomic E-state index is 12.6. The van der Waals surface area contributed by atoms with Gasteiger partial charge in [-0.05, 0) is 60.7 Å². The Labute approximate surface area is 179 Å². The van der Waals surface area contributed by atoms with E-state index in [9.17, 15) is 22.8 Å². The number of alkyl halides is 3. The second-order valence-electron chi connectivity index (χ2n) is 6.04. The number of hydrogen-bond acceptors (Lipinski definition) is 3. The number of benzene rings is 3. The van der Waals surface area contributed by atoms with Gasteiger partial charge in [-0.1, -0.05) is 35.5 Å². The lowest BCUT2D eigenvalue weighted by molar-refractivity contribution is -0.137. The predicted octanol–water partition coefficient (Wildman–Crippen LogP) is 6.47. The smallest absolute Gasteiger partial charge is 0.308 e. The summed E-state index contributed by atoms with van der Waals surface area (Å²) in [6.07, 6.45) is -4.37. The molecule has 0 aromatic heterocycles. The van der Waals surface area contributed by atoms with Crippen LogP contribution in [0.1, 0.15) is 15.9 Å². The number of urea groups is 1. The van der Waals surface area contributed by atoms with Gasteiger partial charge in [0, 0.05) is 15.5 Å². The summed E-state index contributed by atoms with van der Waals surface area (Å²) in [6, 6.07) is 17.1. The zero-order valence-corrected chi connectivity index (χ0v) is 16.7. The number of hydrogen-bond donors (Lipinski definition) is 2. The Morgan fingerprint density at radius 3 is 1.97 bits per heavy atom. The lowest BCUT2D eigenvalue weighted by atomic mass is 10.2. The Bertz CT molecular complexity index is 1060. The third-order valence-corrected chi connectivity index (χ3v) is 5.22. The van der Waals surface area contributed by atoms with Gasteiger partial charge in [-0.15, -0.1) is 0 Å². The van der Waals surface area contributed by atoms with Crippen molar-refractivity contribution < 1.29 is 22.8 Å². The molecule has 0 unspecified atom stereocenters. The Kier molecular flexibility index (Phi) is 6.69. The second kappa shape index (κ2) is 9.23. The molecule has 154 valence electrons. The highest BCUT2D eigenvalue weighted by atomic mass is 35.5. The third-order valence-electron chi connectivity index (χ3n) is 3.88. The Morgan fingerprint density at radius 2 is 1.40 bits per heavy atom. The molecule has 0 aliphatic carbocycles. The van der Waals surface area contributed by atoms with Gasteiger partial charge in [-0.3, -0.25) is 10.1 Å². The molecule has 0 fully saturated rings. The molecular weight excluding hydrogens is 437 g/mol. The quantitative estimate of drug-likeness (QED) is 0.478. The van der Waals surface area contributed by atoms with E-state index < -0.39 is 23.7 Å². The van der Waals surface area contributed by atoms with E-state index >= 15 is 0 Å². The van der Waals surface area contributed by atoms with Crippen molar-refractivity contribution in [1.29, 1.82) is 0 Å². The minimum absolute atomic E-state index is 0.178. The van der Waals surface area contributed by atoms with Gasteiger partial charge in [-0.2, -0.15) is 13.2 Å². The highest BCUT2D eigenvalue weighted by Gasteiger charge is 2.29. The van der Waals surface area contributed by atoms with Crippen LogP contribution in [-0.4, -0.2) is 11.9 Å². The van der Waals surface area contributed by atoms with Gasteiger partial charge >= 0.3 is 12.2 Å². The fourth-order valence-electron chi connectivity index (χ4n) is 2.43. The van der Waals surface area contributed by atoms with E-state index in [4.69, 9.17) is 11.6 Å². The third kappa shape index (κ3) is 5.77. The van der Waals surface area contributed by atoms with E-state index in [-0.39, 0.29) is 10.6 Å². The molecule has 0 aliphatic heterocycles. The van der Waals surface area contributed by atoms with Crippen molar-refractivity contribution in [3.63, 3.8) is 0 Å². The molecule has 0 radical (unpaired) electrons. The van der Waals surface area contributed by atoms with E-state index in [0.29, 0.717) is 10.6 Å². The first-order valence-electron chi connectivity index (χ1n) is 8.54. The number of amides is 3. The number of imide groups is 1. The first-order chi connectivity index (χ1) is 14.2. The molecule has 4 nitrogen and oxygen atoms in total. The van der Waals surface area contributed by atoms with Crippen molar-refractivity contribution in [2.24, 2.45) is 0 Å². The largest absolute Gasteiger partial charge is 0.416 e. The van der Waals surface area contributed by atoms with E-state index in [1.54, 1.807) is 42.5 Å². The van der Waals surface area contributed by atoms with Crippen molar-refractivity contribution in [2.75, 3.05) is 5.32 Å². The fraction of sp³-hybridized carbons (Fsp3) is 0.0476. The highest BCUT2D eigenvalue weighted by molar-refractivity contribution is 7.99. The maximum Gasteiger partial charge on any atom is 0.416 e. The zero-order valence-electron chi connectivity index (χ0n) is 15.2. The van der Waals surface area contributed by atoms with Crippen LogP contribution in [0.5, 0.6) is 0 Å². The summed E-state index contributed by atoms with van der Waals surface area (Å²) >= 11 is 7.21. The van der Waals surface area contributed by atoms with Crippen LogP contribution in [0.15, 0.2) is 82.6 Å². The van der Waals surface area contributed by atoms with Gasteiger partial charge in [-0.25, -0.2) is 4.79 Å². The highest BCUT2D eigenvalue weighted by Crippen LogP contribution is 2.33. The minimum Gasteiger partial charge on any atom is -0.308 e. The Balaban J connectivity index is 1.57. The standard InChI is InChI=1S/C21H14ClF3N2O2S/c22-18-4-2-1-3-17(18)19(28)27-20(29)26-14-7-11-16(12-8-14)30-15-9-5-13(6-10-15)21(23,24)25/h1-12H,(H2,26,27,28,29). The molecule has 0 aliphatic rings. The number of anilines is 1. The topological polar surface area (TPSA) is 58.2 Å². The number of carbonyl (C=O) groups excluding carboxylic acids is 2. The van der Waals surface area contributed by atoms with Gasteiger partial charge in [0.2, 0.25) is 0 Å². The molecule has 2 N–H and O–H groups in total. The van der Waals surface area contributed by atoms with Crippen molar-refractivity contribution >= 4 is 41.0 Å². The minimum atomic E-state index is -4.37. The fourth-order valence-corrected chi connectivity index (χ4v) is 3.47. The van der Waals surface area contributed by atoms with E-state index in [1.165, 1.54) is 30.0 Å². The molecule has 0 spiro atoms. The molecule has 3 rings (SSSR count). The van der Waals surface area contributed by atoms with E-state index in [1.807, 2.05) is 0 Å². The van der Waals surface area contributed by atoms with Gasteiger partial charge < -0.3 is 5.32 Å². The van der Waals surface area contributed by atoms with Crippen LogP contribution < -0.4 is 10.6 Å². The number of nitrogens with one attached hydrogen (secondary N) is 2. The average molecular weight is 451 g/mol. The van der Waals surface area contributed by atoms with Crippen molar-refractivity contribution in [3.05, 3.63) is 88.9 Å². The summed E-state index contributed by atoms with van der Waals surface area (Å²) < 4.78 is 37.8. The molecule has 3 aromatic rings. The summed E-state index contributed by atoms with van der Waals surface area (Å²) in [5.41, 5.74) is -0.0856. The summed E-state index contributed by atoms with van der Waals surface area (Å²) in [4.78, 5) is 25.5. The second-order valence-corrected chi connectivity index (χ2v) is 7.59. The Morgan fingerprint density at radius 1 is 0.833 bits per heavy atom. The molecule has 30 heavy (non-hydrogen) atoms. The SMILES string of the molecule is O=C(NC(=O)c1ccccc1Cl)Nc1ccc(Sc2ccc(C(F)(F)F)cc2)cc1. The van der Waals surface area contributed by atoms with Crippen LogP contribution in [-0.2, 0) is 6.18 Å². The molecule has 0 heterocycles. The molecule has 9 heteroatoms. The van der Waals surface area contributed by atoms with Crippen LogP contribution in [0.4, 0.5) is 23.7 Å². The van der Waals surface area contributed by atoms with Crippen LogP contribution in [0.2, 0.25) is 5.02 Å². The van der Waals surface area contributed by atoms with Gasteiger partial charge in [0.1, 0.15) is 0 Å². The monoisotopic (exact) mass is 450 g/mol. The molecule has 0 bridgehead atoms. The van der Waals surface area contributed by atoms with Crippen LogP contribution in [0.25, 0.3) is 0 Å². The normalized spacial score (nSPS) is 11.1. The molecular formula is C21H14ClF3N2O2S. The molecule has 3 aromatic carbocycles. The summed E-state index contributed by atoms with van der Waals surface area (Å²) in [5, 5.41) is 4.94. The lowest BCUT2D eigenvalue weighted by Gasteiger charge is -2.09. The molecule has 0 saturated heterocycles. The number of rotatable bonds is 4. The zero-order chi connectivity index (χ0) is 21.7. The first-order valence-corrected chi connectivity index (χ1v) is 9.74. The van der Waals surface area contributed by atoms with Gasteiger partial charge in [0.05, 0.1) is 16.1 Å². The van der Waals surface area contributed by atoms with E-state index in [2.05, 4.69) is 10.6 Å². The lowest BCUT2D eigenvalue weighted by Crippen LogP contribution is -2.34. The first kappa shape index (κ1) is 21.7. The van der Waals surface area contributed by atoms with Crippen LogP contribution >= 0.6 is 23.4 Å². The predicted molar refractivity (Wildman–Crippen MR) is 110 cm³/mol. The van der Waals surface area contributed by atoms with Crippen LogP contribution in [0.3, 0.4) is 0 Å². The maximum absolute atomic E-state index is 12.6. The average Bonchev–Trinajstić information content (AvgIpc) is 2.69. The van der Waals surface area contributed by atoms with Crippen LogP contribution in [0, 0.1) is 0 Å². The number of halogens is 4.